The molecule has 60 heavy (non-hydrogen) atoms. The smallest absolute Gasteiger partial charge is 0.407 e. The highest BCUT2D eigenvalue weighted by molar-refractivity contribution is 5.88. The number of H-pyrrole nitrogens is 2. The Balaban J connectivity index is 0.929. The Morgan fingerprint density at radius 2 is 1.10 bits per heavy atom. The lowest BCUT2D eigenvalue weighted by molar-refractivity contribution is -0.135. The highest BCUT2D eigenvalue weighted by atomic mass is 16.5. The Morgan fingerprint density at radius 3 is 1.62 bits per heavy atom. The van der Waals surface area contributed by atoms with E-state index in [0.717, 1.165) is 46.5 Å². The first-order chi connectivity index (χ1) is 29.3. The molecule has 4 atom stereocenters. The van der Waals surface area contributed by atoms with E-state index in [2.05, 4.69) is 49.9 Å². The zero-order valence-corrected chi connectivity index (χ0v) is 33.1. The Hall–Kier alpha value is -7.48. The molecule has 2 aromatic heterocycles. The second kappa shape index (κ2) is 17.6. The zero-order valence-electron chi connectivity index (χ0n) is 33.1. The van der Waals surface area contributed by atoms with Crippen molar-refractivity contribution in [1.29, 1.82) is 0 Å². The van der Waals surface area contributed by atoms with Crippen LogP contribution in [0.4, 0.5) is 9.59 Å². The Bertz CT molecular complexity index is 2480. The van der Waals surface area contributed by atoms with Crippen molar-refractivity contribution in [3.63, 3.8) is 0 Å². The van der Waals surface area contributed by atoms with Crippen molar-refractivity contribution >= 4 is 24.0 Å². The fraction of sp³-hybridized carbons (Fsp3) is 0.217. The molecule has 4 amide bonds. The predicted molar refractivity (Wildman–Crippen MR) is 224 cm³/mol. The third-order valence-corrected chi connectivity index (χ3v) is 10.9. The van der Waals surface area contributed by atoms with Crippen molar-refractivity contribution in [3.05, 3.63) is 157 Å². The molecule has 2 aliphatic rings. The van der Waals surface area contributed by atoms with Crippen LogP contribution in [-0.4, -0.2) is 81.0 Å². The summed E-state index contributed by atoms with van der Waals surface area (Å²) in [6, 6.07) is 32.1. The lowest BCUT2D eigenvalue weighted by Gasteiger charge is -2.28. The van der Waals surface area contributed by atoms with E-state index in [0.29, 0.717) is 35.9 Å². The van der Waals surface area contributed by atoms with E-state index in [1.807, 2.05) is 84.9 Å². The Morgan fingerprint density at radius 1 is 0.633 bits per heavy atom. The summed E-state index contributed by atoms with van der Waals surface area (Å²) in [6.45, 7) is 0.916. The highest BCUT2D eigenvalue weighted by Crippen LogP contribution is 2.35. The lowest BCUT2D eigenvalue weighted by Crippen LogP contribution is -2.43. The van der Waals surface area contributed by atoms with Crippen LogP contribution >= 0.6 is 0 Å². The van der Waals surface area contributed by atoms with Crippen molar-refractivity contribution in [2.45, 2.75) is 37.0 Å². The Kier molecular flexibility index (Phi) is 11.5. The predicted octanol–water partition coefficient (Wildman–Crippen LogP) is 7.43. The van der Waals surface area contributed by atoms with Gasteiger partial charge in [0.05, 0.1) is 44.0 Å². The second-order valence-electron chi connectivity index (χ2n) is 14.5. The maximum absolute atomic E-state index is 13.9. The van der Waals surface area contributed by atoms with Gasteiger partial charge in [-0.2, -0.15) is 0 Å². The minimum absolute atomic E-state index is 0.219. The van der Waals surface area contributed by atoms with E-state index >= 15 is 0 Å². The SMILES string of the molecule is COC(=O)NC(C(=O)N1CC=CC1c1ncc(-c2ccc(-c3ccc(-c4cnc([C@@H]5CCCN5C(=O)C(NC(=O)OC)c5ccccc5)[nH]4)cc3)cc2)[nH]1)c1ccccc1. The summed E-state index contributed by atoms with van der Waals surface area (Å²) in [5, 5.41) is 5.39. The molecular weight excluding hydrogens is 761 g/mol. The number of likely N-dealkylation sites (tertiary alicyclic amines) is 1. The molecule has 0 spiro atoms. The molecule has 0 radical (unpaired) electrons. The first-order valence-electron chi connectivity index (χ1n) is 19.7. The molecule has 1 saturated heterocycles. The largest absolute Gasteiger partial charge is 0.453 e. The van der Waals surface area contributed by atoms with Crippen LogP contribution < -0.4 is 10.6 Å². The van der Waals surface area contributed by atoms with Crippen LogP contribution in [0.1, 0.15) is 59.8 Å². The molecule has 1 fully saturated rings. The average Bonchev–Trinajstić information content (AvgIpc) is 4.15. The zero-order chi connectivity index (χ0) is 41.6. The van der Waals surface area contributed by atoms with Crippen molar-refractivity contribution in [2.24, 2.45) is 0 Å². The number of nitrogens with zero attached hydrogens (tertiary/aromatic N) is 4. The molecule has 8 rings (SSSR count). The number of aromatic nitrogens is 4. The number of benzene rings is 4. The number of nitrogens with one attached hydrogen (secondary N) is 4. The molecule has 0 aliphatic carbocycles. The van der Waals surface area contributed by atoms with Gasteiger partial charge in [0.15, 0.2) is 0 Å². The van der Waals surface area contributed by atoms with Crippen LogP contribution in [0.3, 0.4) is 0 Å². The molecule has 4 aromatic carbocycles. The normalized spacial score (nSPS) is 16.9. The maximum Gasteiger partial charge on any atom is 0.407 e. The van der Waals surface area contributed by atoms with Gasteiger partial charge < -0.3 is 39.9 Å². The summed E-state index contributed by atoms with van der Waals surface area (Å²) < 4.78 is 9.64. The first-order valence-corrected chi connectivity index (χ1v) is 19.7. The third kappa shape index (κ3) is 8.25. The van der Waals surface area contributed by atoms with Gasteiger partial charge in [-0.25, -0.2) is 19.6 Å². The first kappa shape index (κ1) is 39.4. The van der Waals surface area contributed by atoms with Gasteiger partial charge in [-0.1, -0.05) is 121 Å². The molecular formula is C46H44N8O6. The van der Waals surface area contributed by atoms with Crippen LogP contribution in [0.2, 0.25) is 0 Å². The standard InChI is InChI=1S/C46H44N8O6/c1-59-45(57)51-39(33-11-5-3-6-12-33)43(55)53-25-9-15-37(53)41-47-27-35(49-41)31-21-17-29(18-22-31)30-19-23-32(24-20-30)36-28-48-42(50-36)38-16-10-26-54(38)44(56)40(52-46(58)60-2)34-13-7-4-8-14-34/h3-9,11-15,17-24,27-28,37-40H,10,16,25-26H2,1-2H3,(H,47,49)(H,48,50)(H,51,57)(H,52,58)/t37?,38-,39?,40?/m0/s1. The van der Waals surface area contributed by atoms with Crippen LogP contribution in [-0.2, 0) is 19.1 Å². The minimum atomic E-state index is -0.924. The molecule has 4 N–H and O–H groups in total. The summed E-state index contributed by atoms with van der Waals surface area (Å²) in [5.74, 6) is 0.804. The van der Waals surface area contributed by atoms with Crippen LogP contribution in [0.25, 0.3) is 33.6 Å². The third-order valence-electron chi connectivity index (χ3n) is 10.9. The second-order valence-corrected chi connectivity index (χ2v) is 14.5. The van der Waals surface area contributed by atoms with Gasteiger partial charge in [0.1, 0.15) is 29.8 Å². The van der Waals surface area contributed by atoms with Gasteiger partial charge in [0.2, 0.25) is 0 Å². The van der Waals surface area contributed by atoms with Crippen molar-refractivity contribution in [2.75, 3.05) is 27.3 Å². The number of hydrogen-bond donors (Lipinski definition) is 4. The van der Waals surface area contributed by atoms with Crippen molar-refractivity contribution in [1.82, 2.24) is 40.4 Å². The van der Waals surface area contributed by atoms with Crippen LogP contribution in [0, 0.1) is 0 Å². The molecule has 14 heteroatoms. The number of aromatic amines is 2. The summed E-state index contributed by atoms with van der Waals surface area (Å²) in [5.41, 5.74) is 6.92. The fourth-order valence-corrected chi connectivity index (χ4v) is 7.82. The molecule has 304 valence electrons. The van der Waals surface area contributed by atoms with Crippen molar-refractivity contribution in [3.8, 4) is 33.6 Å². The van der Waals surface area contributed by atoms with E-state index in [1.165, 1.54) is 14.2 Å². The molecule has 3 unspecified atom stereocenters. The quantitative estimate of drug-likeness (QED) is 0.0979. The van der Waals surface area contributed by atoms with Gasteiger partial charge in [0, 0.05) is 13.1 Å². The highest BCUT2D eigenvalue weighted by Gasteiger charge is 2.37. The summed E-state index contributed by atoms with van der Waals surface area (Å²) in [6.07, 6.45) is 7.58. The summed E-state index contributed by atoms with van der Waals surface area (Å²) in [7, 11) is 2.54. The van der Waals surface area contributed by atoms with E-state index in [9.17, 15) is 19.2 Å². The molecule has 14 nitrogen and oxygen atoms in total. The lowest BCUT2D eigenvalue weighted by atomic mass is 10.0. The number of carbonyl (C=O) groups excluding carboxylic acids is 4. The van der Waals surface area contributed by atoms with Crippen molar-refractivity contribution < 1.29 is 28.7 Å². The average molecular weight is 805 g/mol. The number of amides is 4. The molecule has 2 aliphatic heterocycles. The molecule has 0 saturated carbocycles. The van der Waals surface area contributed by atoms with Gasteiger partial charge in [0.25, 0.3) is 11.8 Å². The number of alkyl carbamates (subject to hydrolysis) is 2. The summed E-state index contributed by atoms with van der Waals surface area (Å²) >= 11 is 0. The monoisotopic (exact) mass is 804 g/mol. The number of rotatable bonds is 11. The minimum Gasteiger partial charge on any atom is -0.453 e. The number of ether oxygens (including phenoxy) is 2. The van der Waals surface area contributed by atoms with E-state index in [4.69, 9.17) is 14.5 Å². The van der Waals surface area contributed by atoms with Crippen LogP contribution in [0.15, 0.2) is 134 Å². The van der Waals surface area contributed by atoms with Gasteiger partial charge in [-0.05, 0) is 46.2 Å². The Labute approximate surface area is 346 Å². The van der Waals surface area contributed by atoms with Crippen LogP contribution in [0.5, 0.6) is 0 Å². The van der Waals surface area contributed by atoms with E-state index in [-0.39, 0.29) is 17.9 Å². The number of hydrogen-bond acceptors (Lipinski definition) is 8. The topological polar surface area (TPSA) is 175 Å². The number of carbonyl (C=O) groups is 4. The molecule has 0 bridgehead atoms. The van der Waals surface area contributed by atoms with Gasteiger partial charge >= 0.3 is 12.2 Å². The van der Waals surface area contributed by atoms with E-state index in [1.54, 1.807) is 34.3 Å². The number of methoxy groups -OCH3 is 2. The van der Waals surface area contributed by atoms with Gasteiger partial charge in [-0.3, -0.25) is 9.59 Å². The van der Waals surface area contributed by atoms with Gasteiger partial charge in [-0.15, -0.1) is 0 Å². The number of imidazole rings is 2. The molecule has 4 heterocycles. The molecule has 6 aromatic rings. The fourth-order valence-electron chi connectivity index (χ4n) is 7.82. The summed E-state index contributed by atoms with van der Waals surface area (Å²) in [4.78, 5) is 71.8. The maximum atomic E-state index is 13.9. The van der Waals surface area contributed by atoms with E-state index < -0.39 is 30.3 Å².